The summed E-state index contributed by atoms with van der Waals surface area (Å²) in [5, 5.41) is 5.48. The number of para-hydroxylation sites is 1. The van der Waals surface area contributed by atoms with Gasteiger partial charge in [0.05, 0.1) is 28.0 Å². The number of aromatic nitrogens is 3. The molecule has 0 N–H and O–H groups in total. The van der Waals surface area contributed by atoms with Gasteiger partial charge < -0.3 is 4.42 Å². The molecule has 0 amide bonds. The van der Waals surface area contributed by atoms with Crippen molar-refractivity contribution in [2.24, 2.45) is 0 Å². The molecule has 3 aromatic heterocycles. The molecule has 238 valence electrons. The molecule has 0 aliphatic carbocycles. The van der Waals surface area contributed by atoms with Gasteiger partial charge >= 0.3 is 0 Å². The van der Waals surface area contributed by atoms with Gasteiger partial charge in [-0.1, -0.05) is 152 Å². The Balaban J connectivity index is 1.14. The summed E-state index contributed by atoms with van der Waals surface area (Å²) in [6.45, 7) is 0. The SMILES string of the molecule is c1ccc(-c2cc(-c3ccccc3)nc(-c3ccc(-c4nc5cc(-c6cccc7ccccc67)ccc5c5oc6ccccc6c45)cc3)n2)cc1. The third kappa shape index (κ3) is 5.04. The number of hydrogen-bond donors (Lipinski definition) is 0. The molecule has 0 unspecified atom stereocenters. The lowest BCUT2D eigenvalue weighted by Gasteiger charge is -2.11. The van der Waals surface area contributed by atoms with E-state index in [-0.39, 0.29) is 0 Å². The second-order valence-corrected chi connectivity index (χ2v) is 12.8. The lowest BCUT2D eigenvalue weighted by Crippen LogP contribution is -1.96. The minimum atomic E-state index is 0.673. The normalized spacial score (nSPS) is 11.5. The van der Waals surface area contributed by atoms with Crippen LogP contribution in [0.5, 0.6) is 0 Å². The summed E-state index contributed by atoms with van der Waals surface area (Å²) in [6, 6.07) is 60.7. The van der Waals surface area contributed by atoms with Crippen molar-refractivity contribution in [3.05, 3.63) is 176 Å². The quantitative estimate of drug-likeness (QED) is 0.186. The summed E-state index contributed by atoms with van der Waals surface area (Å²) in [6.07, 6.45) is 0. The second-order valence-electron chi connectivity index (χ2n) is 12.8. The van der Waals surface area contributed by atoms with Gasteiger partial charge in [-0.15, -0.1) is 0 Å². The van der Waals surface area contributed by atoms with Gasteiger partial charge in [-0.3, -0.25) is 0 Å². The molecule has 0 atom stereocenters. The second kappa shape index (κ2) is 11.9. The van der Waals surface area contributed by atoms with Crippen LogP contribution in [0.1, 0.15) is 0 Å². The average Bonchev–Trinajstić information content (AvgIpc) is 3.61. The molecule has 7 aromatic carbocycles. The largest absolute Gasteiger partial charge is 0.455 e. The third-order valence-corrected chi connectivity index (χ3v) is 9.69. The van der Waals surface area contributed by atoms with E-state index in [2.05, 4.69) is 127 Å². The first-order chi connectivity index (χ1) is 25.3. The van der Waals surface area contributed by atoms with Crippen molar-refractivity contribution in [3.63, 3.8) is 0 Å². The van der Waals surface area contributed by atoms with E-state index < -0.39 is 0 Å². The van der Waals surface area contributed by atoms with Gasteiger partial charge in [-0.25, -0.2) is 15.0 Å². The molecule has 4 heteroatoms. The van der Waals surface area contributed by atoms with Crippen LogP contribution in [0.25, 0.3) is 99.9 Å². The number of hydrogen-bond acceptors (Lipinski definition) is 4. The van der Waals surface area contributed by atoms with Crippen LogP contribution < -0.4 is 0 Å². The van der Waals surface area contributed by atoms with Crippen molar-refractivity contribution in [1.82, 2.24) is 15.0 Å². The van der Waals surface area contributed by atoms with Crippen LogP contribution in [0, 0.1) is 0 Å². The van der Waals surface area contributed by atoms with E-state index in [1.165, 1.54) is 16.3 Å². The Morgan fingerprint density at radius 1 is 0.392 bits per heavy atom. The molecular formula is C47H29N3O. The Morgan fingerprint density at radius 3 is 1.75 bits per heavy atom. The number of nitrogens with zero attached hydrogens (tertiary/aromatic N) is 3. The van der Waals surface area contributed by atoms with Crippen LogP contribution in [0.3, 0.4) is 0 Å². The molecule has 0 saturated carbocycles. The van der Waals surface area contributed by atoms with Gasteiger partial charge in [0, 0.05) is 33.0 Å². The zero-order valence-corrected chi connectivity index (χ0v) is 27.5. The lowest BCUT2D eigenvalue weighted by molar-refractivity contribution is 0.672. The molecule has 0 bridgehead atoms. The molecule has 0 saturated heterocycles. The Kier molecular flexibility index (Phi) is 6.78. The van der Waals surface area contributed by atoms with Crippen molar-refractivity contribution in [2.75, 3.05) is 0 Å². The molecule has 3 heterocycles. The molecule has 0 aliphatic heterocycles. The fourth-order valence-electron chi connectivity index (χ4n) is 7.18. The summed E-state index contributed by atoms with van der Waals surface area (Å²) in [4.78, 5) is 15.5. The van der Waals surface area contributed by atoms with Crippen molar-refractivity contribution in [2.45, 2.75) is 0 Å². The highest BCUT2D eigenvalue weighted by molar-refractivity contribution is 6.19. The smallest absolute Gasteiger partial charge is 0.160 e. The predicted molar refractivity (Wildman–Crippen MR) is 209 cm³/mol. The zero-order chi connectivity index (χ0) is 33.7. The van der Waals surface area contributed by atoms with Gasteiger partial charge in [-0.2, -0.15) is 0 Å². The van der Waals surface area contributed by atoms with Gasteiger partial charge in [0.15, 0.2) is 5.82 Å². The maximum absolute atomic E-state index is 6.59. The van der Waals surface area contributed by atoms with E-state index in [9.17, 15) is 0 Å². The van der Waals surface area contributed by atoms with E-state index in [0.29, 0.717) is 5.82 Å². The van der Waals surface area contributed by atoms with Crippen molar-refractivity contribution in [1.29, 1.82) is 0 Å². The van der Waals surface area contributed by atoms with Crippen LogP contribution >= 0.6 is 0 Å². The molecule has 0 aliphatic rings. The third-order valence-electron chi connectivity index (χ3n) is 9.69. The van der Waals surface area contributed by atoms with Crippen molar-refractivity contribution < 1.29 is 4.42 Å². The topological polar surface area (TPSA) is 51.8 Å². The van der Waals surface area contributed by atoms with Crippen molar-refractivity contribution in [3.8, 4) is 56.3 Å². The summed E-state index contributed by atoms with van der Waals surface area (Å²) in [7, 11) is 0. The Labute approximate surface area is 294 Å². The van der Waals surface area contributed by atoms with Crippen LogP contribution in [0.15, 0.2) is 180 Å². The van der Waals surface area contributed by atoms with Crippen LogP contribution in [0.2, 0.25) is 0 Å². The first kappa shape index (κ1) is 29.0. The van der Waals surface area contributed by atoms with E-state index in [1.807, 2.05) is 48.5 Å². The van der Waals surface area contributed by atoms with E-state index >= 15 is 0 Å². The number of rotatable bonds is 5. The molecule has 0 spiro atoms. The first-order valence-corrected chi connectivity index (χ1v) is 17.1. The monoisotopic (exact) mass is 651 g/mol. The fourth-order valence-corrected chi connectivity index (χ4v) is 7.18. The van der Waals surface area contributed by atoms with E-state index in [1.54, 1.807) is 0 Å². The van der Waals surface area contributed by atoms with E-state index in [4.69, 9.17) is 19.4 Å². The van der Waals surface area contributed by atoms with Crippen LogP contribution in [-0.2, 0) is 0 Å². The molecular weight excluding hydrogens is 623 g/mol. The Hall–Kier alpha value is -6.91. The minimum Gasteiger partial charge on any atom is -0.455 e. The highest BCUT2D eigenvalue weighted by atomic mass is 16.3. The van der Waals surface area contributed by atoms with Gasteiger partial charge in [-0.05, 0) is 46.2 Å². The molecule has 4 nitrogen and oxygen atoms in total. The standard InChI is InChI=1S/C47H29N3O/c1-3-13-31(14-4-1)40-29-41(32-15-5-2-6-16-32)50-47(49-40)34-24-22-33(23-25-34)45-44-39-19-9-10-21-43(39)51-46(44)38-27-26-35(28-42(38)48-45)37-20-11-17-30-12-7-8-18-36(30)37/h1-29H. The fraction of sp³-hybridized carbons (Fsp3) is 0. The van der Waals surface area contributed by atoms with E-state index in [0.717, 1.165) is 77.7 Å². The molecule has 51 heavy (non-hydrogen) atoms. The summed E-state index contributed by atoms with van der Waals surface area (Å²) in [5.74, 6) is 0.673. The maximum Gasteiger partial charge on any atom is 0.160 e. The first-order valence-electron chi connectivity index (χ1n) is 17.1. The summed E-state index contributed by atoms with van der Waals surface area (Å²) >= 11 is 0. The molecule has 0 fully saturated rings. The van der Waals surface area contributed by atoms with Crippen LogP contribution in [-0.4, -0.2) is 15.0 Å². The molecule has 10 aromatic rings. The van der Waals surface area contributed by atoms with Crippen LogP contribution in [0.4, 0.5) is 0 Å². The van der Waals surface area contributed by atoms with Gasteiger partial charge in [0.1, 0.15) is 11.2 Å². The Morgan fingerprint density at radius 2 is 1.00 bits per heavy atom. The maximum atomic E-state index is 6.59. The molecule has 0 radical (unpaired) electrons. The number of fused-ring (bicyclic) bond motifs is 6. The number of furan rings is 1. The minimum absolute atomic E-state index is 0.673. The zero-order valence-electron chi connectivity index (χ0n) is 27.5. The van der Waals surface area contributed by atoms with Gasteiger partial charge in [0.25, 0.3) is 0 Å². The highest BCUT2D eigenvalue weighted by Gasteiger charge is 2.19. The summed E-state index contributed by atoms with van der Waals surface area (Å²) in [5.41, 5.74) is 11.5. The lowest BCUT2D eigenvalue weighted by atomic mass is 9.96. The number of benzene rings is 7. The number of pyridine rings is 1. The predicted octanol–water partition coefficient (Wildman–Crippen LogP) is 12.4. The average molecular weight is 652 g/mol. The van der Waals surface area contributed by atoms with Crippen molar-refractivity contribution >= 4 is 43.6 Å². The van der Waals surface area contributed by atoms with Gasteiger partial charge in [0.2, 0.25) is 0 Å². The summed E-state index contributed by atoms with van der Waals surface area (Å²) < 4.78 is 6.59. The Bertz CT molecular complexity index is 2830. The molecule has 10 rings (SSSR count). The highest BCUT2D eigenvalue weighted by Crippen LogP contribution is 2.41.